The maximum atomic E-state index is 13.3. The Labute approximate surface area is 213 Å². The molecule has 0 bridgehead atoms. The third-order valence-corrected chi connectivity index (χ3v) is 6.25. The maximum Gasteiger partial charge on any atom is 0.308 e. The van der Waals surface area contributed by atoms with Crippen LogP contribution in [0, 0.1) is 0 Å². The number of methoxy groups -OCH3 is 1. The number of rotatable bonds is 6. The van der Waals surface area contributed by atoms with E-state index < -0.39 is 23.7 Å². The summed E-state index contributed by atoms with van der Waals surface area (Å²) in [6, 6.07) is 17.4. The van der Waals surface area contributed by atoms with Crippen LogP contribution in [0.4, 0.5) is 5.69 Å². The van der Waals surface area contributed by atoms with Gasteiger partial charge in [0, 0.05) is 18.2 Å². The number of aryl methyl sites for hydroxylation is 1. The van der Waals surface area contributed by atoms with Crippen molar-refractivity contribution < 1.29 is 29.0 Å². The van der Waals surface area contributed by atoms with E-state index in [1.165, 1.54) is 25.0 Å². The molecule has 0 spiro atoms. The lowest BCUT2D eigenvalue weighted by molar-refractivity contribution is -0.132. The van der Waals surface area contributed by atoms with Gasteiger partial charge in [-0.05, 0) is 60.0 Å². The van der Waals surface area contributed by atoms with Crippen molar-refractivity contribution in [3.05, 3.63) is 94.0 Å². The first-order valence-electron chi connectivity index (χ1n) is 11.3. The van der Waals surface area contributed by atoms with Crippen LogP contribution in [-0.2, 0) is 20.8 Å². The number of ketones is 1. The predicted molar refractivity (Wildman–Crippen MR) is 136 cm³/mol. The highest BCUT2D eigenvalue weighted by Gasteiger charge is 2.47. The zero-order valence-corrected chi connectivity index (χ0v) is 20.7. The average molecular weight is 506 g/mol. The number of benzene rings is 3. The van der Waals surface area contributed by atoms with Gasteiger partial charge in [-0.15, -0.1) is 0 Å². The molecule has 1 aliphatic heterocycles. The normalized spacial score (nSPS) is 16.8. The molecule has 3 aromatic carbocycles. The van der Waals surface area contributed by atoms with Crippen molar-refractivity contribution in [3.63, 3.8) is 0 Å². The van der Waals surface area contributed by atoms with Gasteiger partial charge in [0.25, 0.3) is 11.7 Å². The number of hydrogen-bond acceptors (Lipinski definition) is 6. The molecule has 0 aromatic heterocycles. The largest absolute Gasteiger partial charge is 0.507 e. The Morgan fingerprint density at radius 1 is 1.03 bits per heavy atom. The second-order valence-corrected chi connectivity index (χ2v) is 8.61. The van der Waals surface area contributed by atoms with Gasteiger partial charge in [-0.2, -0.15) is 0 Å². The first-order valence-corrected chi connectivity index (χ1v) is 11.6. The summed E-state index contributed by atoms with van der Waals surface area (Å²) in [5.41, 5.74) is 2.31. The highest BCUT2D eigenvalue weighted by Crippen LogP contribution is 2.43. The molecule has 3 aromatic rings. The molecular weight excluding hydrogens is 482 g/mol. The van der Waals surface area contributed by atoms with E-state index in [1.807, 2.05) is 19.1 Å². The summed E-state index contributed by atoms with van der Waals surface area (Å²) in [6.45, 7) is 3.31. The minimum Gasteiger partial charge on any atom is -0.507 e. The van der Waals surface area contributed by atoms with E-state index in [0.29, 0.717) is 22.7 Å². The zero-order chi connectivity index (χ0) is 26.0. The van der Waals surface area contributed by atoms with Crippen molar-refractivity contribution in [1.29, 1.82) is 0 Å². The average Bonchev–Trinajstić information content (AvgIpc) is 3.14. The second-order valence-electron chi connectivity index (χ2n) is 8.20. The van der Waals surface area contributed by atoms with E-state index in [2.05, 4.69) is 0 Å². The molecule has 1 fully saturated rings. The lowest BCUT2D eigenvalue weighted by Crippen LogP contribution is -2.29. The van der Waals surface area contributed by atoms with Gasteiger partial charge in [0.15, 0.2) is 0 Å². The number of esters is 1. The van der Waals surface area contributed by atoms with Crippen molar-refractivity contribution in [2.24, 2.45) is 0 Å². The van der Waals surface area contributed by atoms with E-state index in [1.54, 1.807) is 48.5 Å². The number of Topliss-reactive ketones (excluding diaryl/α,β-unsaturated/α-hetero) is 1. The summed E-state index contributed by atoms with van der Waals surface area (Å²) < 4.78 is 10.3. The predicted octanol–water partition coefficient (Wildman–Crippen LogP) is 5.46. The minimum atomic E-state index is -0.926. The van der Waals surface area contributed by atoms with Gasteiger partial charge in [0.05, 0.1) is 23.7 Å². The van der Waals surface area contributed by atoms with Crippen LogP contribution in [0.1, 0.15) is 36.6 Å². The fourth-order valence-corrected chi connectivity index (χ4v) is 4.42. The smallest absolute Gasteiger partial charge is 0.308 e. The summed E-state index contributed by atoms with van der Waals surface area (Å²) in [5.74, 6) is -1.71. The first-order chi connectivity index (χ1) is 17.2. The number of aliphatic hydroxyl groups is 1. The Morgan fingerprint density at radius 2 is 1.69 bits per heavy atom. The van der Waals surface area contributed by atoms with Crippen LogP contribution >= 0.6 is 11.6 Å². The van der Waals surface area contributed by atoms with Crippen molar-refractivity contribution in [1.82, 2.24) is 0 Å². The van der Waals surface area contributed by atoms with E-state index >= 15 is 0 Å². The minimum absolute atomic E-state index is 0.0824. The van der Waals surface area contributed by atoms with Gasteiger partial charge < -0.3 is 14.6 Å². The topological polar surface area (TPSA) is 93.1 Å². The molecule has 1 N–H and O–H groups in total. The molecule has 0 saturated carbocycles. The Balaban J connectivity index is 1.89. The third-order valence-electron chi connectivity index (χ3n) is 5.95. The van der Waals surface area contributed by atoms with E-state index in [-0.39, 0.29) is 21.9 Å². The van der Waals surface area contributed by atoms with E-state index in [4.69, 9.17) is 21.1 Å². The van der Waals surface area contributed by atoms with Crippen LogP contribution in [0.5, 0.6) is 11.5 Å². The Morgan fingerprint density at radius 3 is 2.25 bits per heavy atom. The molecule has 1 amide bonds. The number of nitrogens with zero attached hydrogens (tertiary/aromatic N) is 1. The quantitative estimate of drug-likeness (QED) is 0.157. The van der Waals surface area contributed by atoms with Crippen molar-refractivity contribution in [3.8, 4) is 11.5 Å². The fourth-order valence-electron chi connectivity index (χ4n) is 4.16. The van der Waals surface area contributed by atoms with E-state index in [0.717, 1.165) is 12.0 Å². The molecule has 4 rings (SSSR count). The SMILES string of the molecule is CCc1ccc(N2C(=O)C(=O)/C(=C(\O)c3ccc(OC)c(Cl)c3)C2c2ccc(OC(C)=O)cc2)cc1. The molecular formula is C28H24ClNO6. The lowest BCUT2D eigenvalue weighted by atomic mass is 9.95. The molecule has 0 radical (unpaired) electrons. The van der Waals surface area contributed by atoms with Gasteiger partial charge in [-0.25, -0.2) is 0 Å². The number of hydrogen-bond donors (Lipinski definition) is 1. The Kier molecular flexibility index (Phi) is 7.12. The number of carbonyl (C=O) groups excluding carboxylic acids is 3. The highest BCUT2D eigenvalue weighted by atomic mass is 35.5. The third kappa shape index (κ3) is 4.70. The number of halogens is 1. The van der Waals surface area contributed by atoms with Crippen molar-refractivity contribution in [2.75, 3.05) is 12.0 Å². The molecule has 1 atom stereocenters. The van der Waals surface area contributed by atoms with Crippen LogP contribution in [0.3, 0.4) is 0 Å². The monoisotopic (exact) mass is 505 g/mol. The molecule has 0 aliphatic carbocycles. The second kappa shape index (κ2) is 10.3. The number of amides is 1. The summed E-state index contributed by atoms with van der Waals surface area (Å²) in [4.78, 5) is 39.3. The van der Waals surface area contributed by atoms with Gasteiger partial charge in [-0.3, -0.25) is 19.3 Å². The molecule has 1 aliphatic rings. The molecule has 8 heteroatoms. The van der Waals surface area contributed by atoms with Crippen LogP contribution in [-0.4, -0.2) is 29.9 Å². The number of anilines is 1. The summed E-state index contributed by atoms with van der Waals surface area (Å²) >= 11 is 6.25. The summed E-state index contributed by atoms with van der Waals surface area (Å²) in [7, 11) is 1.47. The first kappa shape index (κ1) is 25.0. The lowest BCUT2D eigenvalue weighted by Gasteiger charge is -2.25. The van der Waals surface area contributed by atoms with Gasteiger partial charge in [0.2, 0.25) is 0 Å². The van der Waals surface area contributed by atoms with E-state index in [9.17, 15) is 19.5 Å². The summed E-state index contributed by atoms with van der Waals surface area (Å²) in [5, 5.41) is 11.5. The highest BCUT2D eigenvalue weighted by molar-refractivity contribution is 6.51. The van der Waals surface area contributed by atoms with Crippen molar-refractivity contribution >= 4 is 40.7 Å². The number of carbonyl (C=O) groups is 3. The van der Waals surface area contributed by atoms with Crippen LogP contribution in [0.15, 0.2) is 72.3 Å². The Bertz CT molecular complexity index is 1360. The molecule has 1 heterocycles. The standard InChI is InChI=1S/C28H24ClNO6/c1-4-17-5-10-20(11-6-17)30-25(18-7-12-21(13-8-18)36-16(2)31)24(27(33)28(30)34)26(32)19-9-14-23(35-3)22(29)15-19/h5-15,25,32H,4H2,1-3H3/b26-24-. The molecule has 184 valence electrons. The van der Waals surface area contributed by atoms with Gasteiger partial charge in [-0.1, -0.05) is 42.8 Å². The maximum absolute atomic E-state index is 13.3. The molecule has 7 nitrogen and oxygen atoms in total. The molecule has 1 saturated heterocycles. The van der Waals surface area contributed by atoms with Crippen LogP contribution < -0.4 is 14.4 Å². The zero-order valence-electron chi connectivity index (χ0n) is 19.9. The van der Waals surface area contributed by atoms with Gasteiger partial charge in [0.1, 0.15) is 17.3 Å². The number of ether oxygens (including phenoxy) is 2. The van der Waals surface area contributed by atoms with Gasteiger partial charge >= 0.3 is 5.97 Å². The summed E-state index contributed by atoms with van der Waals surface area (Å²) in [6.07, 6.45) is 0.818. The van der Waals surface area contributed by atoms with Crippen LogP contribution in [0.2, 0.25) is 5.02 Å². The number of aliphatic hydroxyl groups excluding tert-OH is 1. The molecule has 1 unspecified atom stereocenters. The van der Waals surface area contributed by atoms with Crippen LogP contribution in [0.25, 0.3) is 5.76 Å². The fraction of sp³-hybridized carbons (Fsp3) is 0.179. The van der Waals surface area contributed by atoms with Crippen molar-refractivity contribution in [2.45, 2.75) is 26.3 Å². The molecule has 36 heavy (non-hydrogen) atoms. The Hall–Kier alpha value is -4.10.